The molecular weight excluding hydrogens is 292 g/mol. The number of hydrogen-bond donors (Lipinski definition) is 2. The Labute approximate surface area is 141 Å². The summed E-state index contributed by atoms with van der Waals surface area (Å²) in [6, 6.07) is 33.2. The van der Waals surface area contributed by atoms with Gasteiger partial charge < -0.3 is 10.6 Å². The van der Waals surface area contributed by atoms with Crippen LogP contribution in [-0.4, -0.2) is 0 Å². The minimum absolute atomic E-state index is 1.06. The molecule has 0 unspecified atom stereocenters. The molecule has 0 spiro atoms. The summed E-state index contributed by atoms with van der Waals surface area (Å²) in [6.07, 6.45) is 0. The van der Waals surface area contributed by atoms with E-state index in [1.54, 1.807) is 0 Å². The molecule has 0 aromatic heterocycles. The van der Waals surface area contributed by atoms with Gasteiger partial charge in [-0.25, -0.2) is 0 Å². The van der Waals surface area contributed by atoms with E-state index in [2.05, 4.69) is 71.3 Å². The van der Waals surface area contributed by atoms with Crippen LogP contribution in [0.5, 0.6) is 0 Å². The van der Waals surface area contributed by atoms with Crippen molar-refractivity contribution in [1.29, 1.82) is 0 Å². The van der Waals surface area contributed by atoms with Gasteiger partial charge in [0.15, 0.2) is 0 Å². The highest BCUT2D eigenvalue weighted by atomic mass is 15.0. The highest BCUT2D eigenvalue weighted by Crippen LogP contribution is 2.35. The van der Waals surface area contributed by atoms with Gasteiger partial charge in [0.25, 0.3) is 0 Å². The summed E-state index contributed by atoms with van der Waals surface area (Å²) in [5.41, 5.74) is 4.29. The van der Waals surface area contributed by atoms with Crippen LogP contribution >= 0.6 is 0 Å². The van der Waals surface area contributed by atoms with Crippen molar-refractivity contribution in [2.45, 2.75) is 0 Å². The van der Waals surface area contributed by atoms with Crippen molar-refractivity contribution in [2.24, 2.45) is 0 Å². The molecule has 0 fully saturated rings. The Morgan fingerprint density at radius 2 is 1.04 bits per heavy atom. The normalized spacial score (nSPS) is 10.5. The zero-order valence-corrected chi connectivity index (χ0v) is 13.2. The average Bonchev–Trinajstić information content (AvgIpc) is 2.65. The third-order valence-electron chi connectivity index (χ3n) is 4.02. The lowest BCUT2D eigenvalue weighted by Gasteiger charge is -2.17. The summed E-state index contributed by atoms with van der Waals surface area (Å²) in [4.78, 5) is 0. The van der Waals surface area contributed by atoms with Crippen molar-refractivity contribution in [3.05, 3.63) is 97.1 Å². The molecule has 0 saturated heterocycles. The van der Waals surface area contributed by atoms with Gasteiger partial charge in [0.1, 0.15) is 0 Å². The van der Waals surface area contributed by atoms with E-state index >= 15 is 0 Å². The fraction of sp³-hybridized carbons (Fsp3) is 0. The van der Waals surface area contributed by atoms with Gasteiger partial charge in [-0.05, 0) is 35.7 Å². The van der Waals surface area contributed by atoms with Crippen LogP contribution in [0.25, 0.3) is 10.8 Å². The molecule has 0 atom stereocenters. The van der Waals surface area contributed by atoms with E-state index in [9.17, 15) is 0 Å². The maximum absolute atomic E-state index is 3.57. The van der Waals surface area contributed by atoms with Gasteiger partial charge in [0.2, 0.25) is 0 Å². The zero-order chi connectivity index (χ0) is 16.2. The van der Waals surface area contributed by atoms with Gasteiger partial charge >= 0.3 is 0 Å². The number of para-hydroxylation sites is 2. The number of hydrogen-bond acceptors (Lipinski definition) is 2. The van der Waals surface area contributed by atoms with Crippen LogP contribution < -0.4 is 10.6 Å². The molecule has 0 radical (unpaired) electrons. The summed E-state index contributed by atoms with van der Waals surface area (Å²) in [5, 5.41) is 9.51. The lowest BCUT2D eigenvalue weighted by atomic mass is 10.1. The largest absolute Gasteiger partial charge is 0.354 e. The fourth-order valence-corrected chi connectivity index (χ4v) is 2.85. The fourth-order valence-electron chi connectivity index (χ4n) is 2.85. The molecule has 4 aromatic rings. The highest BCUT2D eigenvalue weighted by molar-refractivity contribution is 6.02. The van der Waals surface area contributed by atoms with Crippen LogP contribution in [0.1, 0.15) is 0 Å². The molecule has 2 nitrogen and oxygen atoms in total. The van der Waals surface area contributed by atoms with Crippen molar-refractivity contribution in [3.63, 3.8) is 0 Å². The lowest BCUT2D eigenvalue weighted by molar-refractivity contribution is 1.52. The molecule has 0 amide bonds. The lowest BCUT2D eigenvalue weighted by Crippen LogP contribution is -1.98. The van der Waals surface area contributed by atoms with Gasteiger partial charge in [-0.2, -0.15) is 0 Å². The first-order chi connectivity index (χ1) is 11.9. The molecule has 4 rings (SSSR count). The van der Waals surface area contributed by atoms with Crippen LogP contribution in [0.2, 0.25) is 0 Å². The summed E-state index contributed by atoms with van der Waals surface area (Å²) < 4.78 is 0. The van der Waals surface area contributed by atoms with E-state index in [0.29, 0.717) is 0 Å². The van der Waals surface area contributed by atoms with E-state index in [1.807, 2.05) is 36.4 Å². The van der Waals surface area contributed by atoms with Crippen LogP contribution in [0, 0.1) is 0 Å². The van der Waals surface area contributed by atoms with E-state index in [0.717, 1.165) is 22.7 Å². The minimum Gasteiger partial charge on any atom is -0.354 e. The minimum atomic E-state index is 1.06. The summed E-state index contributed by atoms with van der Waals surface area (Å²) >= 11 is 0. The molecule has 0 aliphatic heterocycles. The Morgan fingerprint density at radius 3 is 1.75 bits per heavy atom. The Kier molecular flexibility index (Phi) is 3.86. The Morgan fingerprint density at radius 1 is 0.458 bits per heavy atom. The van der Waals surface area contributed by atoms with Gasteiger partial charge in [-0.3, -0.25) is 0 Å². The molecule has 24 heavy (non-hydrogen) atoms. The maximum Gasteiger partial charge on any atom is 0.0703 e. The third kappa shape index (κ3) is 2.95. The SMILES string of the molecule is c1ccc(Nc2ccc3ccccc3c2Nc2ccccc2)cc1. The molecule has 2 N–H and O–H groups in total. The second-order valence-electron chi connectivity index (χ2n) is 5.69. The van der Waals surface area contributed by atoms with Crippen molar-refractivity contribution in [2.75, 3.05) is 10.6 Å². The first-order valence-corrected chi connectivity index (χ1v) is 8.06. The topological polar surface area (TPSA) is 24.1 Å². The number of rotatable bonds is 4. The molecule has 0 aliphatic rings. The van der Waals surface area contributed by atoms with Gasteiger partial charge in [-0.15, -0.1) is 0 Å². The predicted molar refractivity (Wildman–Crippen MR) is 103 cm³/mol. The molecule has 116 valence electrons. The molecule has 2 heteroatoms. The number of benzene rings is 4. The van der Waals surface area contributed by atoms with Crippen LogP contribution in [0.15, 0.2) is 97.1 Å². The highest BCUT2D eigenvalue weighted by Gasteiger charge is 2.08. The predicted octanol–water partition coefficient (Wildman–Crippen LogP) is 6.33. The third-order valence-corrected chi connectivity index (χ3v) is 4.02. The number of fused-ring (bicyclic) bond motifs is 1. The first-order valence-electron chi connectivity index (χ1n) is 8.06. The van der Waals surface area contributed by atoms with Gasteiger partial charge in [0.05, 0.1) is 11.4 Å². The second-order valence-corrected chi connectivity index (χ2v) is 5.69. The Hall–Kier alpha value is -3.26. The molecule has 4 aromatic carbocycles. The van der Waals surface area contributed by atoms with Gasteiger partial charge in [0, 0.05) is 16.8 Å². The van der Waals surface area contributed by atoms with Crippen LogP contribution in [-0.2, 0) is 0 Å². The quantitative estimate of drug-likeness (QED) is 0.460. The Balaban J connectivity index is 1.82. The van der Waals surface area contributed by atoms with E-state index in [4.69, 9.17) is 0 Å². The van der Waals surface area contributed by atoms with Gasteiger partial charge in [-0.1, -0.05) is 66.7 Å². The first kappa shape index (κ1) is 14.3. The second kappa shape index (κ2) is 6.47. The molecule has 0 saturated carbocycles. The molecule has 0 heterocycles. The smallest absolute Gasteiger partial charge is 0.0703 e. The van der Waals surface area contributed by atoms with E-state index < -0.39 is 0 Å². The van der Waals surface area contributed by atoms with E-state index in [1.165, 1.54) is 10.8 Å². The summed E-state index contributed by atoms with van der Waals surface area (Å²) in [6.45, 7) is 0. The van der Waals surface area contributed by atoms with Crippen molar-refractivity contribution >= 4 is 33.5 Å². The zero-order valence-electron chi connectivity index (χ0n) is 13.2. The van der Waals surface area contributed by atoms with Crippen LogP contribution in [0.3, 0.4) is 0 Å². The average molecular weight is 310 g/mol. The number of nitrogens with one attached hydrogen (secondary N) is 2. The maximum atomic E-state index is 3.57. The summed E-state index contributed by atoms with van der Waals surface area (Å²) in [5.74, 6) is 0. The molecular formula is C22H18N2. The Bertz CT molecular complexity index is 947. The van der Waals surface area contributed by atoms with E-state index in [-0.39, 0.29) is 0 Å². The van der Waals surface area contributed by atoms with Crippen molar-refractivity contribution in [1.82, 2.24) is 0 Å². The van der Waals surface area contributed by atoms with Crippen molar-refractivity contribution < 1.29 is 0 Å². The van der Waals surface area contributed by atoms with Crippen LogP contribution in [0.4, 0.5) is 22.7 Å². The standard InChI is InChI=1S/C22H18N2/c1-3-10-18(11-4-1)23-21-16-15-17-9-7-8-14-20(17)22(21)24-19-12-5-2-6-13-19/h1-16,23-24H. The monoisotopic (exact) mass is 310 g/mol. The molecule has 0 bridgehead atoms. The van der Waals surface area contributed by atoms with Crippen molar-refractivity contribution in [3.8, 4) is 0 Å². The number of anilines is 4. The molecule has 0 aliphatic carbocycles. The summed E-state index contributed by atoms with van der Waals surface area (Å²) in [7, 11) is 0.